The fraction of sp³-hybridized carbons (Fsp3) is 0.538. The number of anilines is 1. The number of sulfonamides is 1. The summed E-state index contributed by atoms with van der Waals surface area (Å²) in [6, 6.07) is 4.83. The maximum atomic E-state index is 12.3. The molecule has 0 saturated heterocycles. The van der Waals surface area contributed by atoms with Crippen LogP contribution in [-0.4, -0.2) is 26.3 Å². The van der Waals surface area contributed by atoms with Gasteiger partial charge in [-0.15, -0.1) is 0 Å². The molecule has 0 aliphatic carbocycles. The summed E-state index contributed by atoms with van der Waals surface area (Å²) in [5.41, 5.74) is 7.10. The Balaban J connectivity index is 2.88. The molecule has 0 atom stereocenters. The molecule has 0 fully saturated rings. The van der Waals surface area contributed by atoms with Gasteiger partial charge < -0.3 is 5.73 Å². The van der Waals surface area contributed by atoms with Gasteiger partial charge in [-0.2, -0.15) is 0 Å². The van der Waals surface area contributed by atoms with Crippen LogP contribution in [0, 0.1) is 6.92 Å². The van der Waals surface area contributed by atoms with Gasteiger partial charge in [0.15, 0.2) is 0 Å². The van der Waals surface area contributed by atoms with Gasteiger partial charge in [-0.1, -0.05) is 19.8 Å². The Labute approximate surface area is 110 Å². The highest BCUT2D eigenvalue weighted by molar-refractivity contribution is 7.89. The second-order valence-corrected chi connectivity index (χ2v) is 6.60. The standard InChI is InChI=1S/C13H22N2O2S/c1-4-5-6-9-15(3)18(16,17)12-7-8-13(14)11(2)10-12/h7-8,10H,4-6,9,14H2,1-3H3. The van der Waals surface area contributed by atoms with E-state index in [1.807, 2.05) is 6.92 Å². The van der Waals surface area contributed by atoms with Crippen LogP contribution in [0.25, 0.3) is 0 Å². The summed E-state index contributed by atoms with van der Waals surface area (Å²) in [6.07, 6.45) is 3.01. The molecule has 0 heterocycles. The number of nitrogens with two attached hydrogens (primary N) is 1. The molecule has 0 radical (unpaired) electrons. The molecule has 0 bridgehead atoms. The molecule has 5 heteroatoms. The van der Waals surface area contributed by atoms with Crippen LogP contribution in [0.2, 0.25) is 0 Å². The first kappa shape index (κ1) is 15.0. The number of hydrogen-bond donors (Lipinski definition) is 1. The molecular weight excluding hydrogens is 248 g/mol. The number of nitrogens with zero attached hydrogens (tertiary/aromatic N) is 1. The molecule has 102 valence electrons. The third-order valence-corrected chi connectivity index (χ3v) is 4.88. The highest BCUT2D eigenvalue weighted by atomic mass is 32.2. The van der Waals surface area contributed by atoms with Gasteiger partial charge in [0.05, 0.1) is 4.90 Å². The van der Waals surface area contributed by atoms with Crippen molar-refractivity contribution in [1.29, 1.82) is 0 Å². The number of rotatable bonds is 6. The first-order chi connectivity index (χ1) is 8.39. The summed E-state index contributed by atoms with van der Waals surface area (Å²) in [5.74, 6) is 0. The molecule has 1 rings (SSSR count). The number of aryl methyl sites for hydroxylation is 1. The summed E-state index contributed by atoms with van der Waals surface area (Å²) in [5, 5.41) is 0. The van der Waals surface area contributed by atoms with E-state index in [1.165, 1.54) is 4.31 Å². The predicted molar refractivity (Wildman–Crippen MR) is 74.9 cm³/mol. The molecular formula is C13H22N2O2S. The Morgan fingerprint density at radius 1 is 1.28 bits per heavy atom. The normalized spacial score (nSPS) is 12.0. The van der Waals surface area contributed by atoms with Gasteiger partial charge in [0, 0.05) is 19.3 Å². The number of hydrogen-bond acceptors (Lipinski definition) is 3. The summed E-state index contributed by atoms with van der Waals surface area (Å²) >= 11 is 0. The van der Waals surface area contributed by atoms with Gasteiger partial charge in [-0.05, 0) is 37.1 Å². The Kier molecular flexibility index (Phi) is 5.16. The number of unbranched alkanes of at least 4 members (excludes halogenated alkanes) is 2. The summed E-state index contributed by atoms with van der Waals surface area (Å²) in [4.78, 5) is 0.313. The van der Waals surface area contributed by atoms with E-state index in [-0.39, 0.29) is 0 Å². The smallest absolute Gasteiger partial charge is 0.242 e. The zero-order chi connectivity index (χ0) is 13.8. The fourth-order valence-corrected chi connectivity index (χ4v) is 2.99. The lowest BCUT2D eigenvalue weighted by Crippen LogP contribution is -2.28. The number of nitrogen functional groups attached to an aromatic ring is 1. The maximum absolute atomic E-state index is 12.3. The second-order valence-electron chi connectivity index (χ2n) is 4.55. The first-order valence-electron chi connectivity index (χ1n) is 6.22. The maximum Gasteiger partial charge on any atom is 0.242 e. The van der Waals surface area contributed by atoms with Crippen LogP contribution in [0.4, 0.5) is 5.69 Å². The Hall–Kier alpha value is -1.07. The second kappa shape index (κ2) is 6.20. The zero-order valence-electron chi connectivity index (χ0n) is 11.3. The Morgan fingerprint density at radius 3 is 2.50 bits per heavy atom. The van der Waals surface area contributed by atoms with Gasteiger partial charge in [0.1, 0.15) is 0 Å². The van der Waals surface area contributed by atoms with Gasteiger partial charge >= 0.3 is 0 Å². The van der Waals surface area contributed by atoms with E-state index in [0.717, 1.165) is 24.8 Å². The molecule has 2 N–H and O–H groups in total. The van der Waals surface area contributed by atoms with Crippen molar-refractivity contribution in [2.24, 2.45) is 0 Å². The lowest BCUT2D eigenvalue weighted by molar-refractivity contribution is 0.454. The lowest BCUT2D eigenvalue weighted by atomic mass is 10.2. The zero-order valence-corrected chi connectivity index (χ0v) is 12.1. The van der Waals surface area contributed by atoms with Gasteiger partial charge in [-0.3, -0.25) is 0 Å². The minimum atomic E-state index is -3.38. The predicted octanol–water partition coefficient (Wildman–Crippen LogP) is 2.39. The SMILES string of the molecule is CCCCCN(C)S(=O)(=O)c1ccc(N)c(C)c1. The van der Waals surface area contributed by atoms with Crippen molar-refractivity contribution in [3.8, 4) is 0 Å². The van der Waals surface area contributed by atoms with E-state index in [0.29, 0.717) is 17.1 Å². The highest BCUT2D eigenvalue weighted by Gasteiger charge is 2.20. The highest BCUT2D eigenvalue weighted by Crippen LogP contribution is 2.20. The van der Waals surface area contributed by atoms with Gasteiger partial charge in [-0.25, -0.2) is 12.7 Å². The molecule has 0 spiro atoms. The fourth-order valence-electron chi connectivity index (χ4n) is 1.69. The average molecular weight is 270 g/mol. The van der Waals surface area contributed by atoms with E-state index in [4.69, 9.17) is 5.73 Å². The molecule has 0 aliphatic heterocycles. The van der Waals surface area contributed by atoms with Crippen LogP contribution in [0.5, 0.6) is 0 Å². The molecule has 0 saturated carbocycles. The Morgan fingerprint density at radius 2 is 1.94 bits per heavy atom. The number of benzene rings is 1. The average Bonchev–Trinajstić information content (AvgIpc) is 2.32. The monoisotopic (exact) mass is 270 g/mol. The summed E-state index contributed by atoms with van der Waals surface area (Å²) < 4.78 is 26.0. The van der Waals surface area contributed by atoms with E-state index >= 15 is 0 Å². The Bertz CT molecular complexity index is 498. The van der Waals surface area contributed by atoms with Crippen molar-refractivity contribution in [1.82, 2.24) is 4.31 Å². The van der Waals surface area contributed by atoms with Crippen molar-refractivity contribution in [3.63, 3.8) is 0 Å². The van der Waals surface area contributed by atoms with E-state index < -0.39 is 10.0 Å². The molecule has 0 aliphatic rings. The quantitative estimate of drug-likeness (QED) is 0.637. The van der Waals surface area contributed by atoms with Gasteiger partial charge in [0.2, 0.25) is 10.0 Å². The third kappa shape index (κ3) is 3.46. The van der Waals surface area contributed by atoms with Crippen LogP contribution < -0.4 is 5.73 Å². The molecule has 4 nitrogen and oxygen atoms in total. The van der Waals surface area contributed by atoms with Gasteiger partial charge in [0.25, 0.3) is 0 Å². The summed E-state index contributed by atoms with van der Waals surface area (Å²) in [7, 11) is -1.76. The van der Waals surface area contributed by atoms with Crippen LogP contribution >= 0.6 is 0 Å². The first-order valence-corrected chi connectivity index (χ1v) is 7.66. The van der Waals surface area contributed by atoms with Crippen molar-refractivity contribution >= 4 is 15.7 Å². The molecule has 0 unspecified atom stereocenters. The topological polar surface area (TPSA) is 63.4 Å². The third-order valence-electron chi connectivity index (χ3n) is 3.03. The van der Waals surface area contributed by atoms with Crippen LogP contribution in [0.1, 0.15) is 31.7 Å². The van der Waals surface area contributed by atoms with E-state index in [9.17, 15) is 8.42 Å². The van der Waals surface area contributed by atoms with Crippen molar-refractivity contribution in [2.75, 3.05) is 19.3 Å². The largest absolute Gasteiger partial charge is 0.399 e. The minimum absolute atomic E-state index is 0.313. The molecule has 18 heavy (non-hydrogen) atoms. The molecule has 1 aromatic rings. The van der Waals surface area contributed by atoms with Crippen molar-refractivity contribution in [3.05, 3.63) is 23.8 Å². The van der Waals surface area contributed by atoms with Crippen molar-refractivity contribution in [2.45, 2.75) is 38.0 Å². The van der Waals surface area contributed by atoms with E-state index in [1.54, 1.807) is 25.2 Å². The van der Waals surface area contributed by atoms with Crippen LogP contribution in [-0.2, 0) is 10.0 Å². The molecule has 0 aromatic heterocycles. The van der Waals surface area contributed by atoms with Crippen molar-refractivity contribution < 1.29 is 8.42 Å². The minimum Gasteiger partial charge on any atom is -0.399 e. The van der Waals surface area contributed by atoms with E-state index in [2.05, 4.69) is 6.92 Å². The molecule has 1 aromatic carbocycles. The van der Waals surface area contributed by atoms with Crippen LogP contribution in [0.3, 0.4) is 0 Å². The molecule has 0 amide bonds. The van der Waals surface area contributed by atoms with Crippen LogP contribution in [0.15, 0.2) is 23.1 Å². The lowest BCUT2D eigenvalue weighted by Gasteiger charge is -2.17. The summed E-state index contributed by atoms with van der Waals surface area (Å²) in [6.45, 7) is 4.46.